The highest BCUT2D eigenvalue weighted by Gasteiger charge is 2.36. The van der Waals surface area contributed by atoms with Crippen LogP contribution in [0.3, 0.4) is 0 Å². The first-order valence-corrected chi connectivity index (χ1v) is 12.7. The Hall–Kier alpha value is -2.23. The van der Waals surface area contributed by atoms with Gasteiger partial charge in [-0.2, -0.15) is 0 Å². The summed E-state index contributed by atoms with van der Waals surface area (Å²) < 4.78 is 41.2. The molecular weight excluding hydrogens is 472 g/mol. The first kappa shape index (κ1) is 31.8. The van der Waals surface area contributed by atoms with E-state index in [0.29, 0.717) is 25.6 Å². The topological polar surface area (TPSA) is 149 Å². The summed E-state index contributed by atoms with van der Waals surface area (Å²) in [5.74, 6) is -0.516. The van der Waals surface area contributed by atoms with Crippen molar-refractivity contribution in [2.75, 3.05) is 80.7 Å². The minimum absolute atomic E-state index is 0.0270. The van der Waals surface area contributed by atoms with Gasteiger partial charge in [0, 0.05) is 39.5 Å². The van der Waals surface area contributed by atoms with Crippen LogP contribution in [0.1, 0.15) is 13.3 Å². The summed E-state index contributed by atoms with van der Waals surface area (Å²) in [6.45, 7) is 6.70. The molecule has 0 aromatic heterocycles. The van der Waals surface area contributed by atoms with Gasteiger partial charge in [0.05, 0.1) is 33.0 Å². The molecular formula is C20H38N2O11Si. The van der Waals surface area contributed by atoms with Crippen molar-refractivity contribution >= 4 is 27.0 Å². The molecule has 0 aromatic carbocycles. The first-order valence-electron chi connectivity index (χ1n) is 10.7. The maximum Gasteiger partial charge on any atom is 0.500 e. The minimum Gasteiger partial charge on any atom is -0.460 e. The standard InChI is InChI=1S/C20H38N2O11Si/c1-17(2)18(23)31-9-8-22-20(25)33-15-13-30-11-10-29-12-14-32-19(24)21-7-6-16-34(26-3,27-4)28-5/h1,6-16H2,2-5H3,(H,21,24)(H,22,25). The second-order valence-corrected chi connectivity index (χ2v) is 9.76. The number of hydrogen-bond acceptors (Lipinski definition) is 11. The van der Waals surface area contributed by atoms with E-state index in [2.05, 4.69) is 17.2 Å². The third-order valence-corrected chi connectivity index (χ3v) is 6.94. The normalized spacial score (nSPS) is 10.9. The van der Waals surface area contributed by atoms with Crippen molar-refractivity contribution in [3.63, 3.8) is 0 Å². The maximum absolute atomic E-state index is 11.6. The van der Waals surface area contributed by atoms with Crippen LogP contribution < -0.4 is 10.6 Å². The van der Waals surface area contributed by atoms with E-state index in [-0.39, 0.29) is 51.8 Å². The molecule has 34 heavy (non-hydrogen) atoms. The molecule has 0 aromatic rings. The summed E-state index contributed by atoms with van der Waals surface area (Å²) in [5, 5.41) is 5.06. The Kier molecular flexibility index (Phi) is 18.8. The van der Waals surface area contributed by atoms with Crippen LogP contribution in [-0.4, -0.2) is 108 Å². The van der Waals surface area contributed by atoms with Gasteiger partial charge in [0.1, 0.15) is 19.8 Å². The van der Waals surface area contributed by atoms with Gasteiger partial charge in [-0.05, 0) is 13.3 Å². The number of carbonyl (C=O) groups excluding carboxylic acids is 3. The summed E-state index contributed by atoms with van der Waals surface area (Å²) in [5.41, 5.74) is 0.287. The van der Waals surface area contributed by atoms with E-state index >= 15 is 0 Å². The SMILES string of the molecule is C=C(C)C(=O)OCCNC(=O)OCCOCCOCCOC(=O)NCCC[Si](OC)(OC)OC. The summed E-state index contributed by atoms with van der Waals surface area (Å²) >= 11 is 0. The van der Waals surface area contributed by atoms with Crippen molar-refractivity contribution in [3.8, 4) is 0 Å². The molecule has 0 aliphatic rings. The third kappa shape index (κ3) is 16.4. The van der Waals surface area contributed by atoms with E-state index in [0.717, 1.165) is 0 Å². The Morgan fingerprint density at radius 2 is 1.18 bits per heavy atom. The smallest absolute Gasteiger partial charge is 0.460 e. The zero-order chi connectivity index (χ0) is 25.7. The molecule has 0 aliphatic carbocycles. The second kappa shape index (κ2) is 20.2. The van der Waals surface area contributed by atoms with Crippen molar-refractivity contribution in [2.45, 2.75) is 19.4 Å². The molecule has 0 atom stereocenters. The molecule has 0 saturated carbocycles. The molecule has 2 amide bonds. The summed E-state index contributed by atoms with van der Waals surface area (Å²) in [4.78, 5) is 34.2. The van der Waals surface area contributed by atoms with Crippen LogP contribution in [0.4, 0.5) is 9.59 Å². The lowest BCUT2D eigenvalue weighted by Gasteiger charge is -2.24. The average molecular weight is 511 g/mol. The molecule has 0 aliphatic heterocycles. The van der Waals surface area contributed by atoms with E-state index in [9.17, 15) is 14.4 Å². The molecule has 2 N–H and O–H groups in total. The van der Waals surface area contributed by atoms with Gasteiger partial charge in [-0.25, -0.2) is 14.4 Å². The highest BCUT2D eigenvalue weighted by Crippen LogP contribution is 2.14. The van der Waals surface area contributed by atoms with Gasteiger partial charge in [0.15, 0.2) is 0 Å². The lowest BCUT2D eigenvalue weighted by molar-refractivity contribution is -0.138. The second-order valence-electron chi connectivity index (χ2n) is 6.67. The Balaban J connectivity index is 3.48. The third-order valence-electron chi connectivity index (χ3n) is 4.11. The van der Waals surface area contributed by atoms with Gasteiger partial charge in [0.25, 0.3) is 0 Å². The molecule has 0 rings (SSSR count). The van der Waals surface area contributed by atoms with E-state index in [4.69, 9.17) is 37.0 Å². The highest BCUT2D eigenvalue weighted by molar-refractivity contribution is 6.60. The number of amides is 2. The van der Waals surface area contributed by atoms with Crippen LogP contribution in [0.25, 0.3) is 0 Å². The minimum atomic E-state index is -2.63. The first-order chi connectivity index (χ1) is 16.3. The predicted molar refractivity (Wildman–Crippen MR) is 122 cm³/mol. The van der Waals surface area contributed by atoms with E-state index in [1.165, 1.54) is 28.3 Å². The molecule has 0 radical (unpaired) electrons. The van der Waals surface area contributed by atoms with Crippen molar-refractivity contribution < 1.29 is 51.3 Å². The molecule has 0 heterocycles. The summed E-state index contributed by atoms with van der Waals surface area (Å²) in [7, 11) is 1.98. The van der Waals surface area contributed by atoms with Gasteiger partial charge in [-0.1, -0.05) is 6.58 Å². The lowest BCUT2D eigenvalue weighted by Crippen LogP contribution is -2.43. The number of nitrogens with one attached hydrogen (secondary N) is 2. The van der Waals surface area contributed by atoms with Crippen molar-refractivity contribution in [3.05, 3.63) is 12.2 Å². The quantitative estimate of drug-likeness (QED) is 0.0789. The van der Waals surface area contributed by atoms with Gasteiger partial charge in [-0.15, -0.1) is 0 Å². The fourth-order valence-electron chi connectivity index (χ4n) is 2.28. The van der Waals surface area contributed by atoms with E-state index in [1.54, 1.807) is 0 Å². The molecule has 0 bridgehead atoms. The van der Waals surface area contributed by atoms with Crippen LogP contribution in [0.15, 0.2) is 12.2 Å². The van der Waals surface area contributed by atoms with Crippen molar-refractivity contribution in [1.29, 1.82) is 0 Å². The maximum atomic E-state index is 11.6. The molecule has 14 heteroatoms. The lowest BCUT2D eigenvalue weighted by atomic mass is 10.4. The van der Waals surface area contributed by atoms with Gasteiger partial charge >= 0.3 is 27.0 Å². The highest BCUT2D eigenvalue weighted by atomic mass is 28.4. The number of hydrogen-bond donors (Lipinski definition) is 2. The number of esters is 1. The zero-order valence-electron chi connectivity index (χ0n) is 20.5. The molecule has 0 spiro atoms. The zero-order valence-corrected chi connectivity index (χ0v) is 21.5. The van der Waals surface area contributed by atoms with Crippen LogP contribution in [0, 0.1) is 0 Å². The van der Waals surface area contributed by atoms with Gasteiger partial charge in [0.2, 0.25) is 0 Å². The molecule has 0 unspecified atom stereocenters. The fourth-order valence-corrected chi connectivity index (χ4v) is 4.00. The molecule has 198 valence electrons. The van der Waals surface area contributed by atoms with Crippen molar-refractivity contribution in [2.24, 2.45) is 0 Å². The number of rotatable bonds is 20. The average Bonchev–Trinajstić information content (AvgIpc) is 2.83. The Bertz CT molecular complexity index is 595. The van der Waals surface area contributed by atoms with Crippen LogP contribution in [0.2, 0.25) is 6.04 Å². The van der Waals surface area contributed by atoms with Crippen LogP contribution >= 0.6 is 0 Å². The Morgan fingerprint density at radius 1 is 0.706 bits per heavy atom. The van der Waals surface area contributed by atoms with Gasteiger partial charge < -0.3 is 47.6 Å². The monoisotopic (exact) mass is 510 g/mol. The Labute approximate surface area is 201 Å². The predicted octanol–water partition coefficient (Wildman–Crippen LogP) is 0.860. The molecule has 0 saturated heterocycles. The number of carbonyl (C=O) groups is 3. The van der Waals surface area contributed by atoms with Gasteiger partial charge in [-0.3, -0.25) is 0 Å². The molecule has 13 nitrogen and oxygen atoms in total. The summed E-state index contributed by atoms with van der Waals surface area (Å²) in [6.07, 6.45) is -0.552. The Morgan fingerprint density at radius 3 is 1.65 bits per heavy atom. The summed E-state index contributed by atoms with van der Waals surface area (Å²) in [6, 6.07) is 0.572. The fraction of sp³-hybridized carbons (Fsp3) is 0.750. The van der Waals surface area contributed by atoms with E-state index < -0.39 is 27.0 Å². The van der Waals surface area contributed by atoms with Crippen LogP contribution in [-0.2, 0) is 41.8 Å². The number of alkyl carbamates (subject to hydrolysis) is 2. The van der Waals surface area contributed by atoms with E-state index in [1.807, 2.05) is 0 Å². The van der Waals surface area contributed by atoms with Crippen molar-refractivity contribution in [1.82, 2.24) is 10.6 Å². The van der Waals surface area contributed by atoms with Crippen LogP contribution in [0.5, 0.6) is 0 Å². The number of ether oxygens (including phenoxy) is 5. The molecule has 0 fully saturated rings. The largest absolute Gasteiger partial charge is 0.500 e.